The Morgan fingerprint density at radius 3 is 2.72 bits per heavy atom. The number of likely N-dealkylation sites (tertiary alicyclic amines) is 1. The zero-order valence-corrected chi connectivity index (χ0v) is 18.8. The molecule has 32 heavy (non-hydrogen) atoms. The first-order valence-corrected chi connectivity index (χ1v) is 11.5. The fourth-order valence-electron chi connectivity index (χ4n) is 4.48. The highest BCUT2D eigenvalue weighted by Crippen LogP contribution is 2.28. The van der Waals surface area contributed by atoms with Crippen molar-refractivity contribution < 1.29 is 9.53 Å². The highest BCUT2D eigenvalue weighted by Gasteiger charge is 2.29. The summed E-state index contributed by atoms with van der Waals surface area (Å²) in [7, 11) is 0. The number of carbonyl (C=O) groups is 1. The monoisotopic (exact) mass is 434 g/mol. The first-order valence-electron chi connectivity index (χ1n) is 11.5. The zero-order chi connectivity index (χ0) is 22.1. The molecule has 168 valence electrons. The van der Waals surface area contributed by atoms with Gasteiger partial charge in [-0.05, 0) is 37.0 Å². The number of morpholine rings is 1. The Bertz CT molecular complexity index is 1070. The van der Waals surface area contributed by atoms with E-state index < -0.39 is 0 Å². The van der Waals surface area contributed by atoms with Crippen molar-refractivity contribution in [1.29, 1.82) is 0 Å². The maximum Gasteiger partial charge on any atom is 0.272 e. The normalized spacial score (nSPS) is 19.7. The number of amides is 1. The van der Waals surface area contributed by atoms with Crippen LogP contribution < -0.4 is 4.90 Å². The van der Waals surface area contributed by atoms with Crippen LogP contribution in [0.15, 0.2) is 30.3 Å². The Hall–Kier alpha value is -3.00. The van der Waals surface area contributed by atoms with Gasteiger partial charge in [0.15, 0.2) is 0 Å². The number of hydrogen-bond acceptors (Lipinski definition) is 6. The molecule has 0 radical (unpaired) electrons. The van der Waals surface area contributed by atoms with E-state index in [0.717, 1.165) is 55.0 Å². The van der Waals surface area contributed by atoms with Gasteiger partial charge in [0.2, 0.25) is 5.95 Å². The number of piperidine rings is 1. The van der Waals surface area contributed by atoms with Crippen LogP contribution in [-0.4, -0.2) is 70.1 Å². The van der Waals surface area contributed by atoms with E-state index in [1.807, 2.05) is 35.2 Å². The summed E-state index contributed by atoms with van der Waals surface area (Å²) < 4.78 is 5.47. The van der Waals surface area contributed by atoms with Gasteiger partial charge in [0.1, 0.15) is 11.5 Å². The second-order valence-electron chi connectivity index (χ2n) is 8.96. The molecule has 8 heteroatoms. The van der Waals surface area contributed by atoms with Gasteiger partial charge in [0.05, 0.1) is 24.2 Å². The van der Waals surface area contributed by atoms with Crippen LogP contribution in [0.5, 0.6) is 0 Å². The Morgan fingerprint density at radius 2 is 1.94 bits per heavy atom. The average molecular weight is 435 g/mol. The van der Waals surface area contributed by atoms with Crippen LogP contribution in [0.1, 0.15) is 60.5 Å². The lowest BCUT2D eigenvalue weighted by atomic mass is 9.97. The molecular formula is C24H30N6O2. The van der Waals surface area contributed by atoms with E-state index in [1.54, 1.807) is 0 Å². The Balaban J connectivity index is 1.39. The molecule has 0 bridgehead atoms. The van der Waals surface area contributed by atoms with E-state index >= 15 is 0 Å². The topological polar surface area (TPSA) is 87.2 Å². The molecule has 0 aliphatic carbocycles. The molecular weight excluding hydrogens is 404 g/mol. The van der Waals surface area contributed by atoms with E-state index in [1.165, 1.54) is 0 Å². The van der Waals surface area contributed by atoms with Crippen LogP contribution >= 0.6 is 0 Å². The second kappa shape index (κ2) is 8.86. The first kappa shape index (κ1) is 20.9. The summed E-state index contributed by atoms with van der Waals surface area (Å²) in [4.78, 5) is 35.2. The number of aromatic nitrogens is 4. The van der Waals surface area contributed by atoms with E-state index in [0.29, 0.717) is 31.4 Å². The maximum atomic E-state index is 13.5. The number of nitrogens with one attached hydrogen (secondary N) is 1. The molecule has 2 saturated heterocycles. The molecule has 2 aliphatic heterocycles. The molecule has 3 aromatic rings. The SMILES string of the molecule is CC(C)c1cc(C(=O)N2CCCC(c3nc4ccccc4[nH]3)C2)nc(N2CCOCC2)n1. The number of para-hydroxylation sites is 2. The van der Waals surface area contributed by atoms with E-state index in [2.05, 4.69) is 23.7 Å². The van der Waals surface area contributed by atoms with E-state index in [-0.39, 0.29) is 17.7 Å². The minimum absolute atomic E-state index is 0.0235. The van der Waals surface area contributed by atoms with E-state index in [4.69, 9.17) is 19.7 Å². The molecule has 8 nitrogen and oxygen atoms in total. The highest BCUT2D eigenvalue weighted by atomic mass is 16.5. The molecule has 1 atom stereocenters. The van der Waals surface area contributed by atoms with Crippen LogP contribution in [-0.2, 0) is 4.74 Å². The van der Waals surface area contributed by atoms with Crippen molar-refractivity contribution in [2.75, 3.05) is 44.3 Å². The van der Waals surface area contributed by atoms with Crippen molar-refractivity contribution >= 4 is 22.9 Å². The predicted molar refractivity (Wildman–Crippen MR) is 123 cm³/mol. The summed E-state index contributed by atoms with van der Waals surface area (Å²) in [6.45, 7) is 8.38. The highest BCUT2D eigenvalue weighted by molar-refractivity contribution is 5.93. The summed E-state index contributed by atoms with van der Waals surface area (Å²) >= 11 is 0. The predicted octanol–water partition coefficient (Wildman–Crippen LogP) is 3.33. The number of ether oxygens (including phenoxy) is 1. The Morgan fingerprint density at radius 1 is 1.12 bits per heavy atom. The van der Waals surface area contributed by atoms with Gasteiger partial charge in [-0.2, -0.15) is 0 Å². The van der Waals surface area contributed by atoms with Crippen molar-refractivity contribution in [1.82, 2.24) is 24.8 Å². The summed E-state index contributed by atoms with van der Waals surface area (Å²) in [6.07, 6.45) is 1.97. The van der Waals surface area contributed by atoms with Crippen molar-refractivity contribution in [2.45, 2.75) is 38.5 Å². The third kappa shape index (κ3) is 4.19. The number of anilines is 1. The van der Waals surface area contributed by atoms with Crippen molar-refractivity contribution in [2.24, 2.45) is 0 Å². The van der Waals surface area contributed by atoms with Gasteiger partial charge in [-0.15, -0.1) is 0 Å². The molecule has 2 aliphatic rings. The molecule has 2 fully saturated rings. The fraction of sp³-hybridized carbons (Fsp3) is 0.500. The van der Waals surface area contributed by atoms with Gasteiger partial charge in [0.25, 0.3) is 5.91 Å². The molecule has 5 rings (SSSR count). The molecule has 1 N–H and O–H groups in total. The van der Waals surface area contributed by atoms with Gasteiger partial charge >= 0.3 is 0 Å². The van der Waals surface area contributed by atoms with Crippen LogP contribution in [0.4, 0.5) is 5.95 Å². The number of H-pyrrole nitrogens is 1. The molecule has 4 heterocycles. The fourth-order valence-corrected chi connectivity index (χ4v) is 4.48. The maximum absolute atomic E-state index is 13.5. The van der Waals surface area contributed by atoms with Crippen LogP contribution in [0.2, 0.25) is 0 Å². The van der Waals surface area contributed by atoms with Gasteiger partial charge < -0.3 is 19.5 Å². The van der Waals surface area contributed by atoms with Gasteiger partial charge in [-0.3, -0.25) is 4.79 Å². The Labute approximate surface area is 188 Å². The molecule has 1 aromatic carbocycles. The second-order valence-corrected chi connectivity index (χ2v) is 8.96. The summed E-state index contributed by atoms with van der Waals surface area (Å²) in [5.74, 6) is 1.99. The number of aromatic amines is 1. The molecule has 2 aromatic heterocycles. The smallest absolute Gasteiger partial charge is 0.272 e. The van der Waals surface area contributed by atoms with Crippen LogP contribution in [0.3, 0.4) is 0 Å². The number of carbonyl (C=O) groups excluding carboxylic acids is 1. The third-order valence-corrected chi connectivity index (χ3v) is 6.34. The average Bonchev–Trinajstić information content (AvgIpc) is 3.28. The van der Waals surface area contributed by atoms with Crippen LogP contribution in [0, 0.1) is 0 Å². The Kier molecular flexibility index (Phi) is 5.78. The number of hydrogen-bond donors (Lipinski definition) is 1. The number of imidazole rings is 1. The molecule has 1 unspecified atom stereocenters. The summed E-state index contributed by atoms with van der Waals surface area (Å²) in [6, 6.07) is 9.93. The van der Waals surface area contributed by atoms with Crippen LogP contribution in [0.25, 0.3) is 11.0 Å². The summed E-state index contributed by atoms with van der Waals surface area (Å²) in [5, 5.41) is 0. The number of nitrogens with zero attached hydrogens (tertiary/aromatic N) is 5. The first-order chi connectivity index (χ1) is 15.6. The largest absolute Gasteiger partial charge is 0.378 e. The third-order valence-electron chi connectivity index (χ3n) is 6.34. The van der Waals surface area contributed by atoms with E-state index in [9.17, 15) is 4.79 Å². The quantitative estimate of drug-likeness (QED) is 0.678. The molecule has 1 amide bonds. The van der Waals surface area contributed by atoms with Crippen molar-refractivity contribution in [3.8, 4) is 0 Å². The minimum Gasteiger partial charge on any atom is -0.378 e. The van der Waals surface area contributed by atoms with Crippen molar-refractivity contribution in [3.05, 3.63) is 47.5 Å². The lowest BCUT2D eigenvalue weighted by molar-refractivity contribution is 0.0698. The van der Waals surface area contributed by atoms with Crippen molar-refractivity contribution in [3.63, 3.8) is 0 Å². The number of fused-ring (bicyclic) bond motifs is 1. The molecule has 0 spiro atoms. The minimum atomic E-state index is -0.0235. The number of rotatable bonds is 4. The summed E-state index contributed by atoms with van der Waals surface area (Å²) in [5.41, 5.74) is 3.39. The van der Waals surface area contributed by atoms with Gasteiger partial charge in [0, 0.05) is 37.8 Å². The lowest BCUT2D eigenvalue weighted by Crippen LogP contribution is -2.41. The standard InChI is InChI=1S/C24H30N6O2/c1-16(2)20-14-21(28-24(27-20)29-10-12-32-13-11-29)23(31)30-9-5-6-17(15-30)22-25-18-7-3-4-8-19(18)26-22/h3-4,7-8,14,16-17H,5-6,9-13,15H2,1-2H3,(H,25,26). The zero-order valence-electron chi connectivity index (χ0n) is 18.8. The van der Waals surface area contributed by atoms with Gasteiger partial charge in [-0.1, -0.05) is 26.0 Å². The lowest BCUT2D eigenvalue weighted by Gasteiger charge is -2.32. The molecule has 0 saturated carbocycles. The number of benzene rings is 1. The van der Waals surface area contributed by atoms with Gasteiger partial charge in [-0.25, -0.2) is 15.0 Å².